The Morgan fingerprint density at radius 2 is 1.84 bits per heavy atom. The van der Waals surface area contributed by atoms with Crippen LogP contribution in [-0.2, 0) is 9.59 Å². The minimum Gasteiger partial charge on any atom is -0.352 e. The second kappa shape index (κ2) is 9.15. The third kappa shape index (κ3) is 6.25. The summed E-state index contributed by atoms with van der Waals surface area (Å²) in [6, 6.07) is 0.251. The lowest BCUT2D eigenvalue weighted by Gasteiger charge is -2.34. The van der Waals surface area contributed by atoms with Crippen molar-refractivity contribution >= 4 is 24.2 Å². The Labute approximate surface area is 121 Å². The molecule has 1 aliphatic rings. The van der Waals surface area contributed by atoms with Gasteiger partial charge in [0, 0.05) is 6.04 Å². The van der Waals surface area contributed by atoms with E-state index in [1.807, 2.05) is 0 Å². The largest absolute Gasteiger partial charge is 0.352 e. The van der Waals surface area contributed by atoms with Crippen molar-refractivity contribution in [2.75, 3.05) is 13.1 Å². The van der Waals surface area contributed by atoms with Crippen molar-refractivity contribution in [2.45, 2.75) is 45.6 Å². The summed E-state index contributed by atoms with van der Waals surface area (Å²) in [4.78, 5) is 22.7. The molecule has 2 amide bonds. The molecule has 0 aromatic rings. The first-order valence-corrected chi connectivity index (χ1v) is 6.80. The van der Waals surface area contributed by atoms with Crippen LogP contribution in [0.25, 0.3) is 0 Å². The van der Waals surface area contributed by atoms with Crippen LogP contribution in [-0.4, -0.2) is 30.9 Å². The fraction of sp³-hybridized carbons (Fsp3) is 0.846. The highest BCUT2D eigenvalue weighted by Crippen LogP contribution is 2.29. The molecule has 2 unspecified atom stereocenters. The molecule has 6 heteroatoms. The van der Waals surface area contributed by atoms with Crippen LogP contribution in [0.1, 0.15) is 39.5 Å². The van der Waals surface area contributed by atoms with E-state index in [0.717, 1.165) is 6.42 Å². The molecule has 19 heavy (non-hydrogen) atoms. The molecule has 0 spiro atoms. The van der Waals surface area contributed by atoms with E-state index in [9.17, 15) is 9.59 Å². The maximum Gasteiger partial charge on any atom is 0.239 e. The molecule has 1 rings (SSSR count). The van der Waals surface area contributed by atoms with E-state index in [1.54, 1.807) is 0 Å². The van der Waals surface area contributed by atoms with Crippen LogP contribution in [0.15, 0.2) is 0 Å². The van der Waals surface area contributed by atoms with Crippen molar-refractivity contribution in [1.29, 1.82) is 0 Å². The van der Waals surface area contributed by atoms with Gasteiger partial charge in [0.25, 0.3) is 0 Å². The number of rotatable bonds is 5. The van der Waals surface area contributed by atoms with E-state index < -0.39 is 0 Å². The molecule has 1 saturated carbocycles. The summed E-state index contributed by atoms with van der Waals surface area (Å²) in [5.41, 5.74) is 5.16. The molecular weight excluding hydrogens is 266 g/mol. The van der Waals surface area contributed by atoms with Crippen molar-refractivity contribution in [3.05, 3.63) is 0 Å². The zero-order valence-electron chi connectivity index (χ0n) is 11.8. The molecule has 0 aromatic heterocycles. The zero-order chi connectivity index (χ0) is 13.5. The van der Waals surface area contributed by atoms with Gasteiger partial charge in [-0.3, -0.25) is 9.59 Å². The molecular formula is C13H26ClN3O2. The van der Waals surface area contributed by atoms with Crippen molar-refractivity contribution in [3.63, 3.8) is 0 Å². The molecule has 0 bridgehead atoms. The molecule has 4 N–H and O–H groups in total. The van der Waals surface area contributed by atoms with Gasteiger partial charge in [0.1, 0.15) is 0 Å². The number of halogens is 1. The summed E-state index contributed by atoms with van der Waals surface area (Å²) in [6.45, 7) is 4.35. The minimum atomic E-state index is -0.297. The van der Waals surface area contributed by atoms with E-state index in [2.05, 4.69) is 24.5 Å². The smallest absolute Gasteiger partial charge is 0.239 e. The summed E-state index contributed by atoms with van der Waals surface area (Å²) in [5, 5.41) is 5.53. The Kier molecular flexibility index (Phi) is 8.76. The van der Waals surface area contributed by atoms with Gasteiger partial charge < -0.3 is 16.4 Å². The van der Waals surface area contributed by atoms with Crippen LogP contribution in [0.5, 0.6) is 0 Å². The third-order valence-corrected chi connectivity index (χ3v) is 3.65. The minimum absolute atomic E-state index is 0. The van der Waals surface area contributed by atoms with Crippen LogP contribution < -0.4 is 16.4 Å². The van der Waals surface area contributed by atoms with E-state index in [0.29, 0.717) is 11.8 Å². The Morgan fingerprint density at radius 1 is 1.21 bits per heavy atom. The number of hydrogen-bond donors (Lipinski definition) is 3. The van der Waals surface area contributed by atoms with Crippen LogP contribution in [0.4, 0.5) is 0 Å². The zero-order valence-corrected chi connectivity index (χ0v) is 12.6. The fourth-order valence-electron chi connectivity index (χ4n) is 2.65. The maximum atomic E-state index is 11.7. The van der Waals surface area contributed by atoms with Crippen LogP contribution in [0, 0.1) is 11.8 Å². The Hall–Kier alpha value is -0.810. The van der Waals surface area contributed by atoms with Crippen molar-refractivity contribution in [3.8, 4) is 0 Å². The first-order chi connectivity index (χ1) is 8.54. The number of carbonyl (C=O) groups is 2. The summed E-state index contributed by atoms with van der Waals surface area (Å²) in [7, 11) is 0. The number of carbonyl (C=O) groups excluding carboxylic acids is 2. The highest BCUT2D eigenvalue weighted by atomic mass is 35.5. The van der Waals surface area contributed by atoms with Gasteiger partial charge in [0.15, 0.2) is 0 Å². The average molecular weight is 292 g/mol. The third-order valence-electron chi connectivity index (χ3n) is 3.65. The van der Waals surface area contributed by atoms with Gasteiger partial charge >= 0.3 is 0 Å². The maximum absolute atomic E-state index is 11.7. The average Bonchev–Trinajstić information content (AvgIpc) is 2.36. The van der Waals surface area contributed by atoms with E-state index in [1.165, 1.54) is 19.3 Å². The summed E-state index contributed by atoms with van der Waals surface area (Å²) >= 11 is 0. The molecule has 0 aromatic carbocycles. The molecule has 5 nitrogen and oxygen atoms in total. The summed E-state index contributed by atoms with van der Waals surface area (Å²) < 4.78 is 0. The number of amides is 2. The van der Waals surface area contributed by atoms with Gasteiger partial charge in [-0.25, -0.2) is 0 Å². The predicted octanol–water partition coefficient (Wildman–Crippen LogP) is 0.814. The van der Waals surface area contributed by atoms with E-state index in [4.69, 9.17) is 5.73 Å². The van der Waals surface area contributed by atoms with E-state index >= 15 is 0 Å². The molecule has 0 radical (unpaired) electrons. The standard InChI is InChI=1S/C13H25N3O2.ClH/c1-9(2)10-5-3-4-6-11(10)16-13(18)8-15-12(17)7-14;/h9-11H,3-8,14H2,1-2H3,(H,15,17)(H,16,18);1H. The topological polar surface area (TPSA) is 84.2 Å². The first-order valence-electron chi connectivity index (χ1n) is 6.80. The van der Waals surface area contributed by atoms with Crippen molar-refractivity contribution in [1.82, 2.24) is 10.6 Å². The molecule has 2 atom stereocenters. The Morgan fingerprint density at radius 3 is 2.42 bits per heavy atom. The molecule has 1 fully saturated rings. The normalized spacial score (nSPS) is 22.5. The SMILES string of the molecule is CC(C)C1CCCCC1NC(=O)CNC(=O)CN.Cl. The van der Waals surface area contributed by atoms with E-state index in [-0.39, 0.29) is 43.4 Å². The van der Waals surface area contributed by atoms with Gasteiger partial charge in [-0.2, -0.15) is 0 Å². The summed E-state index contributed by atoms with van der Waals surface area (Å²) in [6.07, 6.45) is 4.64. The van der Waals surface area contributed by atoms with Crippen LogP contribution in [0.3, 0.4) is 0 Å². The van der Waals surface area contributed by atoms with Gasteiger partial charge in [-0.15, -0.1) is 12.4 Å². The predicted molar refractivity (Wildman–Crippen MR) is 78.0 cm³/mol. The molecule has 0 saturated heterocycles. The highest BCUT2D eigenvalue weighted by molar-refractivity contribution is 5.85. The van der Waals surface area contributed by atoms with Crippen LogP contribution >= 0.6 is 12.4 Å². The number of nitrogens with two attached hydrogens (primary N) is 1. The number of nitrogens with one attached hydrogen (secondary N) is 2. The first kappa shape index (κ1) is 18.2. The second-order valence-corrected chi connectivity index (χ2v) is 5.35. The Balaban J connectivity index is 0.00000324. The molecule has 112 valence electrons. The van der Waals surface area contributed by atoms with Crippen molar-refractivity contribution < 1.29 is 9.59 Å². The lowest BCUT2D eigenvalue weighted by molar-refractivity contribution is -0.126. The summed E-state index contributed by atoms with van der Waals surface area (Å²) in [5.74, 6) is 0.714. The molecule has 0 heterocycles. The van der Waals surface area contributed by atoms with Gasteiger partial charge in [0.05, 0.1) is 13.1 Å². The number of hydrogen-bond acceptors (Lipinski definition) is 3. The van der Waals surface area contributed by atoms with Gasteiger partial charge in [-0.1, -0.05) is 26.7 Å². The van der Waals surface area contributed by atoms with Gasteiger partial charge in [-0.05, 0) is 24.7 Å². The van der Waals surface area contributed by atoms with Crippen LogP contribution in [0.2, 0.25) is 0 Å². The highest BCUT2D eigenvalue weighted by Gasteiger charge is 2.28. The lowest BCUT2D eigenvalue weighted by Crippen LogP contribution is -2.48. The Bertz CT molecular complexity index is 298. The molecule has 1 aliphatic carbocycles. The quantitative estimate of drug-likeness (QED) is 0.701. The van der Waals surface area contributed by atoms with Crippen molar-refractivity contribution in [2.24, 2.45) is 17.6 Å². The molecule has 0 aliphatic heterocycles. The van der Waals surface area contributed by atoms with Gasteiger partial charge in [0.2, 0.25) is 11.8 Å². The fourth-order valence-corrected chi connectivity index (χ4v) is 2.65. The lowest BCUT2D eigenvalue weighted by atomic mass is 9.78. The monoisotopic (exact) mass is 291 g/mol. The second-order valence-electron chi connectivity index (χ2n) is 5.35.